The van der Waals surface area contributed by atoms with E-state index in [9.17, 15) is 4.79 Å². The van der Waals surface area contributed by atoms with Gasteiger partial charge in [0.15, 0.2) is 11.5 Å². The van der Waals surface area contributed by atoms with Crippen molar-refractivity contribution in [3.05, 3.63) is 54.6 Å². The number of ether oxygens (including phenoxy) is 2. The van der Waals surface area contributed by atoms with Gasteiger partial charge >= 0.3 is 6.09 Å². The summed E-state index contributed by atoms with van der Waals surface area (Å²) in [6, 6.07) is 16.3. The minimum absolute atomic E-state index is 0.376. The molecule has 0 bridgehead atoms. The van der Waals surface area contributed by atoms with Crippen LogP contribution in [0.1, 0.15) is 0 Å². The molecule has 2 aromatic rings. The van der Waals surface area contributed by atoms with E-state index < -0.39 is 6.09 Å². The first-order valence-corrected chi connectivity index (χ1v) is 5.51. The molecule has 0 saturated heterocycles. The van der Waals surface area contributed by atoms with Crippen LogP contribution in [0.3, 0.4) is 0 Å². The van der Waals surface area contributed by atoms with Crippen molar-refractivity contribution in [3.8, 4) is 17.2 Å². The first-order chi connectivity index (χ1) is 8.79. The molecule has 0 atom stereocenters. The topological polar surface area (TPSA) is 47.6 Å². The molecule has 0 unspecified atom stereocenters. The molecule has 0 aliphatic carbocycles. The van der Waals surface area contributed by atoms with Crippen LogP contribution < -0.4 is 14.8 Å². The van der Waals surface area contributed by atoms with Gasteiger partial charge in [-0.25, -0.2) is 4.79 Å². The molecule has 1 N–H and O–H groups in total. The van der Waals surface area contributed by atoms with Crippen molar-refractivity contribution in [2.75, 3.05) is 7.05 Å². The Morgan fingerprint density at radius 3 is 2.22 bits per heavy atom. The van der Waals surface area contributed by atoms with E-state index in [4.69, 9.17) is 9.47 Å². The first-order valence-electron chi connectivity index (χ1n) is 5.51. The maximum atomic E-state index is 11.2. The fraction of sp³-hybridized carbons (Fsp3) is 0.0714. The fourth-order valence-corrected chi connectivity index (χ4v) is 1.39. The van der Waals surface area contributed by atoms with Crippen LogP contribution in [-0.2, 0) is 0 Å². The summed E-state index contributed by atoms with van der Waals surface area (Å²) in [5.74, 6) is 1.55. The Kier molecular flexibility index (Phi) is 3.81. The second-order valence-electron chi connectivity index (χ2n) is 3.50. The van der Waals surface area contributed by atoms with E-state index in [0.717, 1.165) is 0 Å². The smallest absolute Gasteiger partial charge is 0.412 e. The average molecular weight is 243 g/mol. The molecular formula is C14H13NO3. The Balaban J connectivity index is 2.20. The van der Waals surface area contributed by atoms with Crippen LogP contribution in [0.15, 0.2) is 54.6 Å². The normalized spacial score (nSPS) is 9.61. The van der Waals surface area contributed by atoms with Crippen LogP contribution in [-0.4, -0.2) is 13.1 Å². The number of hydrogen-bond acceptors (Lipinski definition) is 3. The van der Waals surface area contributed by atoms with Gasteiger partial charge < -0.3 is 14.8 Å². The molecule has 0 aliphatic heterocycles. The van der Waals surface area contributed by atoms with Gasteiger partial charge in [0.1, 0.15) is 5.75 Å². The van der Waals surface area contributed by atoms with E-state index >= 15 is 0 Å². The van der Waals surface area contributed by atoms with Crippen LogP contribution in [0.5, 0.6) is 17.2 Å². The number of hydrogen-bond donors (Lipinski definition) is 1. The second-order valence-corrected chi connectivity index (χ2v) is 3.50. The second kappa shape index (κ2) is 5.72. The van der Waals surface area contributed by atoms with E-state index in [1.807, 2.05) is 36.4 Å². The fourth-order valence-electron chi connectivity index (χ4n) is 1.39. The zero-order valence-corrected chi connectivity index (χ0v) is 9.92. The van der Waals surface area contributed by atoms with Crippen LogP contribution in [0, 0.1) is 0 Å². The zero-order valence-electron chi connectivity index (χ0n) is 9.92. The monoisotopic (exact) mass is 243 g/mol. The first kappa shape index (κ1) is 12.0. The lowest BCUT2D eigenvalue weighted by molar-refractivity contribution is 0.201. The Morgan fingerprint density at radius 2 is 1.56 bits per heavy atom. The third-order valence-electron chi connectivity index (χ3n) is 2.23. The highest BCUT2D eigenvalue weighted by molar-refractivity contribution is 5.71. The minimum atomic E-state index is -0.529. The van der Waals surface area contributed by atoms with E-state index in [1.54, 1.807) is 18.2 Å². The summed E-state index contributed by atoms with van der Waals surface area (Å²) >= 11 is 0. The van der Waals surface area contributed by atoms with Crippen LogP contribution in [0.2, 0.25) is 0 Å². The van der Waals surface area contributed by atoms with Crippen molar-refractivity contribution in [1.82, 2.24) is 5.32 Å². The van der Waals surface area contributed by atoms with Crippen LogP contribution in [0.25, 0.3) is 0 Å². The Hall–Kier alpha value is -2.49. The summed E-state index contributed by atoms with van der Waals surface area (Å²) in [5, 5.41) is 2.39. The van der Waals surface area contributed by atoms with Gasteiger partial charge in [0, 0.05) is 7.05 Å². The minimum Gasteiger partial charge on any atom is -0.453 e. The van der Waals surface area contributed by atoms with Crippen molar-refractivity contribution >= 4 is 6.09 Å². The molecular weight excluding hydrogens is 230 g/mol. The lowest BCUT2D eigenvalue weighted by Gasteiger charge is -2.10. The Morgan fingerprint density at radius 1 is 0.944 bits per heavy atom. The highest BCUT2D eigenvalue weighted by Crippen LogP contribution is 2.30. The number of carbonyl (C=O) groups is 1. The summed E-state index contributed by atoms with van der Waals surface area (Å²) in [7, 11) is 1.50. The molecule has 2 aromatic carbocycles. The maximum Gasteiger partial charge on any atom is 0.412 e. The molecule has 0 aromatic heterocycles. The molecule has 0 fully saturated rings. The summed E-state index contributed by atoms with van der Waals surface area (Å²) in [6.45, 7) is 0. The quantitative estimate of drug-likeness (QED) is 0.900. The van der Waals surface area contributed by atoms with Gasteiger partial charge in [-0.1, -0.05) is 30.3 Å². The lowest BCUT2D eigenvalue weighted by atomic mass is 10.3. The number of rotatable bonds is 3. The molecule has 0 aliphatic rings. The lowest BCUT2D eigenvalue weighted by Crippen LogP contribution is -2.22. The molecule has 0 heterocycles. The summed E-state index contributed by atoms with van der Waals surface area (Å²) in [5.41, 5.74) is 0. The molecule has 92 valence electrons. The highest BCUT2D eigenvalue weighted by atomic mass is 16.6. The van der Waals surface area contributed by atoms with Crippen molar-refractivity contribution in [3.63, 3.8) is 0 Å². The third-order valence-corrected chi connectivity index (χ3v) is 2.23. The van der Waals surface area contributed by atoms with Gasteiger partial charge in [-0.2, -0.15) is 0 Å². The highest BCUT2D eigenvalue weighted by Gasteiger charge is 2.08. The van der Waals surface area contributed by atoms with E-state index in [0.29, 0.717) is 17.2 Å². The molecule has 0 radical (unpaired) electrons. The average Bonchev–Trinajstić information content (AvgIpc) is 2.42. The van der Waals surface area contributed by atoms with Gasteiger partial charge in [-0.3, -0.25) is 0 Å². The SMILES string of the molecule is CNC(=O)Oc1ccccc1Oc1ccccc1. The van der Waals surface area contributed by atoms with Crippen molar-refractivity contribution in [2.24, 2.45) is 0 Å². The number of amides is 1. The van der Waals surface area contributed by atoms with E-state index in [1.165, 1.54) is 7.05 Å². The number of benzene rings is 2. The van der Waals surface area contributed by atoms with Crippen molar-refractivity contribution in [2.45, 2.75) is 0 Å². The molecule has 4 nitrogen and oxygen atoms in total. The number of para-hydroxylation sites is 3. The molecule has 2 rings (SSSR count). The van der Waals surface area contributed by atoms with Gasteiger partial charge in [0.2, 0.25) is 0 Å². The van der Waals surface area contributed by atoms with E-state index in [2.05, 4.69) is 5.32 Å². The van der Waals surface area contributed by atoms with Gasteiger partial charge in [-0.15, -0.1) is 0 Å². The predicted octanol–water partition coefficient (Wildman–Crippen LogP) is 3.20. The molecule has 4 heteroatoms. The van der Waals surface area contributed by atoms with Crippen LogP contribution in [0.4, 0.5) is 4.79 Å². The zero-order chi connectivity index (χ0) is 12.8. The standard InChI is InChI=1S/C14H13NO3/c1-15-14(16)18-13-10-6-5-9-12(13)17-11-7-3-2-4-8-11/h2-10H,1H3,(H,15,16). The van der Waals surface area contributed by atoms with Crippen molar-refractivity contribution < 1.29 is 14.3 Å². The largest absolute Gasteiger partial charge is 0.453 e. The van der Waals surface area contributed by atoms with Gasteiger partial charge in [0.25, 0.3) is 0 Å². The predicted molar refractivity (Wildman–Crippen MR) is 68.0 cm³/mol. The van der Waals surface area contributed by atoms with E-state index in [-0.39, 0.29) is 0 Å². The number of nitrogens with one attached hydrogen (secondary N) is 1. The Bertz CT molecular complexity index is 526. The number of carbonyl (C=O) groups excluding carboxylic acids is 1. The van der Waals surface area contributed by atoms with Crippen LogP contribution >= 0.6 is 0 Å². The van der Waals surface area contributed by atoms with Gasteiger partial charge in [0.05, 0.1) is 0 Å². The summed E-state index contributed by atoms with van der Waals surface area (Å²) in [6.07, 6.45) is -0.529. The molecule has 0 spiro atoms. The Labute approximate surface area is 105 Å². The molecule has 1 amide bonds. The molecule has 18 heavy (non-hydrogen) atoms. The summed E-state index contributed by atoms with van der Waals surface area (Å²) < 4.78 is 10.7. The molecule has 0 saturated carbocycles. The maximum absolute atomic E-state index is 11.2. The van der Waals surface area contributed by atoms with Gasteiger partial charge in [-0.05, 0) is 24.3 Å². The summed E-state index contributed by atoms with van der Waals surface area (Å²) in [4.78, 5) is 11.2. The third kappa shape index (κ3) is 3.01. The van der Waals surface area contributed by atoms with Crippen molar-refractivity contribution in [1.29, 1.82) is 0 Å².